The van der Waals surface area contributed by atoms with Gasteiger partial charge in [0.2, 0.25) is 0 Å². The fourth-order valence-corrected chi connectivity index (χ4v) is 7.11. The molecule has 3 aromatic rings. The third kappa shape index (κ3) is 7.43. The number of hydrogen-bond donors (Lipinski definition) is 0. The van der Waals surface area contributed by atoms with E-state index in [1.165, 1.54) is 11.2 Å². The van der Waals surface area contributed by atoms with E-state index in [2.05, 4.69) is 9.80 Å². The predicted octanol–water partition coefficient (Wildman–Crippen LogP) is 5.52. The molecule has 0 aliphatic carbocycles. The lowest BCUT2D eigenvalue weighted by Gasteiger charge is -2.43. The van der Waals surface area contributed by atoms with Crippen LogP contribution in [0.25, 0.3) is 0 Å². The SMILES string of the molecule is CS(=O)(=O)C(=C1CN(C(c2ccc(Cl)cc2)c2ccc(Cl)cc2)C1)N(CCCN1CCOCC1)C(=O)c1ccccc1. The van der Waals surface area contributed by atoms with E-state index in [1.807, 2.05) is 54.6 Å². The van der Waals surface area contributed by atoms with Crippen LogP contribution in [-0.4, -0.2) is 87.8 Å². The number of halogens is 2. The molecule has 2 saturated heterocycles. The van der Waals surface area contributed by atoms with Crippen LogP contribution in [0.2, 0.25) is 10.0 Å². The van der Waals surface area contributed by atoms with Gasteiger partial charge >= 0.3 is 0 Å². The lowest BCUT2D eigenvalue weighted by Crippen LogP contribution is -2.47. The molecule has 2 aliphatic rings. The molecule has 2 fully saturated rings. The molecule has 7 nitrogen and oxygen atoms in total. The summed E-state index contributed by atoms with van der Waals surface area (Å²) >= 11 is 12.4. The summed E-state index contributed by atoms with van der Waals surface area (Å²) in [6.07, 6.45) is 1.84. The molecule has 2 heterocycles. The number of carbonyl (C=O) groups excluding carboxylic acids is 1. The molecule has 42 heavy (non-hydrogen) atoms. The molecule has 2 aliphatic heterocycles. The summed E-state index contributed by atoms with van der Waals surface area (Å²) in [5.74, 6) is -0.309. The number of nitrogens with zero attached hydrogens (tertiary/aromatic N) is 3. The van der Waals surface area contributed by atoms with E-state index in [0.717, 1.165) is 36.3 Å². The van der Waals surface area contributed by atoms with Gasteiger partial charge in [0.05, 0.1) is 19.3 Å². The zero-order valence-corrected chi connectivity index (χ0v) is 25.9. The first kappa shape index (κ1) is 30.7. The highest BCUT2D eigenvalue weighted by atomic mass is 35.5. The van der Waals surface area contributed by atoms with Crippen molar-refractivity contribution < 1.29 is 17.9 Å². The number of amides is 1. The fraction of sp³-hybridized carbons (Fsp3) is 0.344. The summed E-state index contributed by atoms with van der Waals surface area (Å²) in [6.45, 7) is 4.90. The number of rotatable bonds is 10. The summed E-state index contributed by atoms with van der Waals surface area (Å²) in [4.78, 5) is 19.8. The van der Waals surface area contributed by atoms with Crippen LogP contribution in [0.15, 0.2) is 89.5 Å². The second-order valence-corrected chi connectivity index (χ2v) is 13.5. The Morgan fingerprint density at radius 3 is 1.95 bits per heavy atom. The molecule has 1 amide bonds. The van der Waals surface area contributed by atoms with E-state index in [9.17, 15) is 13.2 Å². The second-order valence-electron chi connectivity index (χ2n) is 10.7. The second kappa shape index (κ2) is 13.7. The van der Waals surface area contributed by atoms with Gasteiger partial charge < -0.3 is 4.74 Å². The first-order valence-corrected chi connectivity index (χ1v) is 16.7. The fourth-order valence-electron chi connectivity index (χ4n) is 5.63. The standard InChI is InChI=1S/C32H35Cl2N3O4S/c1-42(39,40)32(37(31(38)26-6-3-2-4-7-26)17-5-16-35-18-20-41-21-19-35)27-22-36(23-27)30(24-8-12-28(33)13-9-24)25-10-14-29(34)15-11-25/h2-4,6-15,30H,5,16-23H2,1H3. The number of likely N-dealkylation sites (tertiary alicyclic amines) is 1. The van der Waals surface area contributed by atoms with Gasteiger partial charge in [-0.1, -0.05) is 65.7 Å². The molecule has 3 aromatic carbocycles. The van der Waals surface area contributed by atoms with Crippen molar-refractivity contribution in [1.29, 1.82) is 0 Å². The Kier molecular flexibility index (Phi) is 10.0. The maximum absolute atomic E-state index is 13.8. The van der Waals surface area contributed by atoms with Gasteiger partial charge in [-0.15, -0.1) is 0 Å². The highest BCUT2D eigenvalue weighted by molar-refractivity contribution is 7.94. The number of sulfone groups is 1. The Hall–Kier alpha value is -2.72. The van der Waals surface area contributed by atoms with Crippen LogP contribution in [0.4, 0.5) is 0 Å². The smallest absolute Gasteiger partial charge is 0.258 e. The summed E-state index contributed by atoms with van der Waals surface area (Å²) in [5, 5.41) is 1.40. The summed E-state index contributed by atoms with van der Waals surface area (Å²) < 4.78 is 32.2. The number of benzene rings is 3. The zero-order chi connectivity index (χ0) is 29.7. The monoisotopic (exact) mass is 627 g/mol. The van der Waals surface area contributed by atoms with Crippen molar-refractivity contribution in [2.75, 3.05) is 58.7 Å². The van der Waals surface area contributed by atoms with Crippen molar-refractivity contribution in [3.8, 4) is 0 Å². The van der Waals surface area contributed by atoms with Gasteiger partial charge in [-0.05, 0) is 59.5 Å². The average Bonchev–Trinajstić information content (AvgIpc) is 2.96. The van der Waals surface area contributed by atoms with E-state index < -0.39 is 9.84 Å². The normalized spacial score (nSPS) is 16.3. The maximum atomic E-state index is 13.8. The minimum atomic E-state index is -3.73. The van der Waals surface area contributed by atoms with Crippen LogP contribution in [0.5, 0.6) is 0 Å². The summed E-state index contributed by atoms with van der Waals surface area (Å²) in [6, 6.07) is 24.1. The van der Waals surface area contributed by atoms with Crippen molar-refractivity contribution in [1.82, 2.24) is 14.7 Å². The van der Waals surface area contributed by atoms with Crippen molar-refractivity contribution >= 4 is 38.9 Å². The molecule has 0 unspecified atom stereocenters. The highest BCUT2D eigenvalue weighted by Crippen LogP contribution is 2.37. The van der Waals surface area contributed by atoms with Gasteiger partial charge in [0.25, 0.3) is 5.91 Å². The molecule has 0 bridgehead atoms. The van der Waals surface area contributed by atoms with E-state index in [0.29, 0.717) is 54.9 Å². The Morgan fingerprint density at radius 1 is 0.881 bits per heavy atom. The Balaban J connectivity index is 1.45. The van der Waals surface area contributed by atoms with Crippen LogP contribution in [-0.2, 0) is 14.6 Å². The molecular weight excluding hydrogens is 593 g/mol. The molecule has 0 N–H and O–H groups in total. The summed E-state index contributed by atoms with van der Waals surface area (Å²) in [7, 11) is -3.73. The van der Waals surface area contributed by atoms with Gasteiger partial charge in [-0.2, -0.15) is 0 Å². The molecule has 0 saturated carbocycles. The van der Waals surface area contributed by atoms with Gasteiger partial charge in [0.15, 0.2) is 9.84 Å². The minimum absolute atomic E-state index is 0.112. The quantitative estimate of drug-likeness (QED) is 0.295. The minimum Gasteiger partial charge on any atom is -0.379 e. The number of hydrogen-bond acceptors (Lipinski definition) is 6. The van der Waals surface area contributed by atoms with Crippen molar-refractivity contribution in [2.45, 2.75) is 12.5 Å². The van der Waals surface area contributed by atoms with Gasteiger partial charge in [-0.3, -0.25) is 19.5 Å². The molecule has 5 rings (SSSR count). The van der Waals surface area contributed by atoms with Gasteiger partial charge in [0, 0.05) is 61.1 Å². The topological polar surface area (TPSA) is 70.2 Å². The predicted molar refractivity (Wildman–Crippen MR) is 168 cm³/mol. The van der Waals surface area contributed by atoms with Crippen LogP contribution < -0.4 is 0 Å². The molecule has 0 aromatic heterocycles. The molecule has 0 spiro atoms. The number of carbonyl (C=O) groups is 1. The molecular formula is C32H35Cl2N3O4S. The average molecular weight is 629 g/mol. The van der Waals surface area contributed by atoms with E-state index in [-0.39, 0.29) is 17.0 Å². The van der Waals surface area contributed by atoms with Crippen LogP contribution in [0.1, 0.15) is 33.9 Å². The molecule has 222 valence electrons. The number of morpholine rings is 1. The third-order valence-electron chi connectivity index (χ3n) is 7.65. The van der Waals surface area contributed by atoms with Crippen LogP contribution in [0, 0.1) is 0 Å². The Bertz CT molecular complexity index is 1450. The largest absolute Gasteiger partial charge is 0.379 e. The van der Waals surface area contributed by atoms with E-state index in [1.54, 1.807) is 24.3 Å². The first-order chi connectivity index (χ1) is 20.2. The van der Waals surface area contributed by atoms with E-state index >= 15 is 0 Å². The maximum Gasteiger partial charge on any atom is 0.258 e. The van der Waals surface area contributed by atoms with E-state index in [4.69, 9.17) is 27.9 Å². The third-order valence-corrected chi connectivity index (χ3v) is 9.36. The lowest BCUT2D eigenvalue weighted by molar-refractivity contribution is 0.0363. The summed E-state index contributed by atoms with van der Waals surface area (Å²) in [5.41, 5.74) is 3.25. The molecule has 0 radical (unpaired) electrons. The lowest BCUT2D eigenvalue weighted by atomic mass is 9.93. The van der Waals surface area contributed by atoms with Gasteiger partial charge in [-0.25, -0.2) is 8.42 Å². The van der Waals surface area contributed by atoms with Crippen LogP contribution >= 0.6 is 23.2 Å². The van der Waals surface area contributed by atoms with Crippen molar-refractivity contribution in [3.63, 3.8) is 0 Å². The Morgan fingerprint density at radius 2 is 1.43 bits per heavy atom. The molecule has 0 atom stereocenters. The highest BCUT2D eigenvalue weighted by Gasteiger charge is 2.38. The van der Waals surface area contributed by atoms with Gasteiger partial charge in [0.1, 0.15) is 5.03 Å². The number of ether oxygens (including phenoxy) is 1. The Labute approximate surface area is 258 Å². The zero-order valence-electron chi connectivity index (χ0n) is 23.6. The molecule has 10 heteroatoms. The van der Waals surface area contributed by atoms with Crippen molar-refractivity contribution in [3.05, 3.63) is 116 Å². The van der Waals surface area contributed by atoms with Crippen LogP contribution in [0.3, 0.4) is 0 Å². The van der Waals surface area contributed by atoms with Crippen molar-refractivity contribution in [2.24, 2.45) is 0 Å². The first-order valence-electron chi connectivity index (χ1n) is 14.0.